The van der Waals surface area contributed by atoms with Gasteiger partial charge in [-0.2, -0.15) is 0 Å². The van der Waals surface area contributed by atoms with Crippen molar-refractivity contribution in [3.63, 3.8) is 0 Å². The van der Waals surface area contributed by atoms with E-state index in [2.05, 4.69) is 32.9 Å². The minimum atomic E-state index is -0.352. The van der Waals surface area contributed by atoms with Crippen LogP contribution in [0.25, 0.3) is 0 Å². The van der Waals surface area contributed by atoms with Crippen molar-refractivity contribution >= 4 is 0 Å². The van der Waals surface area contributed by atoms with Gasteiger partial charge in [-0.15, -0.1) is 0 Å². The van der Waals surface area contributed by atoms with Crippen LogP contribution in [0.2, 0.25) is 0 Å². The highest BCUT2D eigenvalue weighted by atomic mass is 16.7. The second-order valence-electron chi connectivity index (χ2n) is 4.59. The molecular weight excluding hydrogens is 214 g/mol. The second kappa shape index (κ2) is 6.15. The maximum Gasteiger partial charge on any atom is 0.172 e. The van der Waals surface area contributed by atoms with Crippen LogP contribution < -0.4 is 5.73 Å². The third kappa shape index (κ3) is 3.53. The molecule has 1 atom stereocenters. The standard InChI is InChI=1S/C14H23NO2/c1-9-6-10(2)12(11(3)7-9)8-13(15)14(16-4)17-5/h6-7,13-14H,8,15H2,1-5H3. The third-order valence-electron chi connectivity index (χ3n) is 3.09. The molecule has 0 aromatic heterocycles. The molecule has 0 bridgehead atoms. The van der Waals surface area contributed by atoms with Crippen molar-refractivity contribution in [2.45, 2.75) is 39.5 Å². The van der Waals surface area contributed by atoms with Gasteiger partial charge in [0.1, 0.15) is 0 Å². The van der Waals surface area contributed by atoms with E-state index in [1.165, 1.54) is 22.3 Å². The molecule has 0 aliphatic heterocycles. The Labute approximate surface area is 104 Å². The summed E-state index contributed by atoms with van der Waals surface area (Å²) in [5.74, 6) is 0. The molecule has 1 unspecified atom stereocenters. The van der Waals surface area contributed by atoms with Crippen LogP contribution in [0.5, 0.6) is 0 Å². The van der Waals surface area contributed by atoms with Gasteiger partial charge in [0.25, 0.3) is 0 Å². The van der Waals surface area contributed by atoms with E-state index in [1.54, 1.807) is 14.2 Å². The van der Waals surface area contributed by atoms with Crippen LogP contribution in [0.4, 0.5) is 0 Å². The Hall–Kier alpha value is -0.900. The zero-order valence-corrected chi connectivity index (χ0v) is 11.4. The second-order valence-corrected chi connectivity index (χ2v) is 4.59. The Morgan fingerprint density at radius 2 is 1.53 bits per heavy atom. The smallest absolute Gasteiger partial charge is 0.172 e. The first-order valence-corrected chi connectivity index (χ1v) is 5.87. The molecule has 3 heteroatoms. The van der Waals surface area contributed by atoms with Gasteiger partial charge in [0.2, 0.25) is 0 Å². The lowest BCUT2D eigenvalue weighted by Gasteiger charge is -2.22. The molecule has 0 fully saturated rings. The Kier molecular flexibility index (Phi) is 5.12. The predicted octanol–water partition coefficient (Wildman–Crippen LogP) is 2.10. The van der Waals surface area contributed by atoms with Crippen LogP contribution in [0.3, 0.4) is 0 Å². The first kappa shape index (κ1) is 14.2. The van der Waals surface area contributed by atoms with Crippen LogP contribution in [0.1, 0.15) is 22.3 Å². The summed E-state index contributed by atoms with van der Waals surface area (Å²) in [5.41, 5.74) is 11.2. The Morgan fingerprint density at radius 1 is 1.06 bits per heavy atom. The summed E-state index contributed by atoms with van der Waals surface area (Å²) in [7, 11) is 3.23. The Morgan fingerprint density at radius 3 is 1.94 bits per heavy atom. The van der Waals surface area contributed by atoms with Gasteiger partial charge < -0.3 is 15.2 Å². The topological polar surface area (TPSA) is 44.5 Å². The maximum atomic E-state index is 6.10. The largest absolute Gasteiger partial charge is 0.354 e. The van der Waals surface area contributed by atoms with Crippen LogP contribution in [-0.4, -0.2) is 26.6 Å². The summed E-state index contributed by atoms with van der Waals surface area (Å²) in [6.45, 7) is 6.35. The van der Waals surface area contributed by atoms with Crippen molar-refractivity contribution in [2.75, 3.05) is 14.2 Å². The summed E-state index contributed by atoms with van der Waals surface area (Å²) in [5, 5.41) is 0. The molecule has 2 N–H and O–H groups in total. The van der Waals surface area contributed by atoms with Gasteiger partial charge in [-0.1, -0.05) is 17.7 Å². The molecule has 0 aliphatic carbocycles. The van der Waals surface area contributed by atoms with Crippen LogP contribution in [0, 0.1) is 20.8 Å². The molecule has 0 aliphatic rings. The van der Waals surface area contributed by atoms with Crippen LogP contribution in [0.15, 0.2) is 12.1 Å². The van der Waals surface area contributed by atoms with E-state index in [0.717, 1.165) is 6.42 Å². The lowest BCUT2D eigenvalue weighted by atomic mass is 9.94. The van der Waals surface area contributed by atoms with Crippen molar-refractivity contribution in [3.05, 3.63) is 34.4 Å². The molecule has 0 saturated carbocycles. The van der Waals surface area contributed by atoms with Crippen molar-refractivity contribution in [2.24, 2.45) is 5.73 Å². The molecular formula is C14H23NO2. The Balaban J connectivity index is 2.88. The first-order chi connectivity index (χ1) is 7.99. The molecule has 1 rings (SSSR count). The van der Waals surface area contributed by atoms with E-state index in [4.69, 9.17) is 15.2 Å². The number of hydrogen-bond acceptors (Lipinski definition) is 3. The van der Waals surface area contributed by atoms with Crippen molar-refractivity contribution in [1.29, 1.82) is 0 Å². The van der Waals surface area contributed by atoms with Crippen molar-refractivity contribution in [3.8, 4) is 0 Å². The molecule has 96 valence electrons. The van der Waals surface area contributed by atoms with Crippen molar-refractivity contribution in [1.82, 2.24) is 0 Å². The molecule has 17 heavy (non-hydrogen) atoms. The number of methoxy groups -OCH3 is 2. The highest BCUT2D eigenvalue weighted by Crippen LogP contribution is 2.18. The number of ether oxygens (including phenoxy) is 2. The highest BCUT2D eigenvalue weighted by molar-refractivity contribution is 5.38. The normalized spacial score (nSPS) is 13.1. The number of benzene rings is 1. The summed E-state index contributed by atoms with van der Waals surface area (Å²) >= 11 is 0. The van der Waals surface area contributed by atoms with Gasteiger partial charge in [-0.25, -0.2) is 0 Å². The number of nitrogens with two attached hydrogens (primary N) is 1. The third-order valence-corrected chi connectivity index (χ3v) is 3.09. The lowest BCUT2D eigenvalue weighted by Crippen LogP contribution is -2.39. The monoisotopic (exact) mass is 237 g/mol. The molecule has 0 radical (unpaired) electrons. The molecule has 1 aromatic carbocycles. The summed E-state index contributed by atoms with van der Waals surface area (Å²) < 4.78 is 10.4. The molecule has 0 heterocycles. The number of aryl methyl sites for hydroxylation is 3. The first-order valence-electron chi connectivity index (χ1n) is 5.87. The SMILES string of the molecule is COC(OC)C(N)Cc1c(C)cc(C)cc1C. The molecule has 0 amide bonds. The minimum absolute atomic E-state index is 0.148. The summed E-state index contributed by atoms with van der Waals surface area (Å²) in [4.78, 5) is 0. The summed E-state index contributed by atoms with van der Waals surface area (Å²) in [6.07, 6.45) is 0.416. The molecule has 0 saturated heterocycles. The fraction of sp³-hybridized carbons (Fsp3) is 0.571. The van der Waals surface area contributed by atoms with Gasteiger partial charge in [0.05, 0.1) is 6.04 Å². The number of rotatable bonds is 5. The van der Waals surface area contributed by atoms with E-state index < -0.39 is 0 Å². The zero-order chi connectivity index (χ0) is 13.0. The van der Waals surface area contributed by atoms with Gasteiger partial charge in [0.15, 0.2) is 6.29 Å². The zero-order valence-electron chi connectivity index (χ0n) is 11.4. The average molecular weight is 237 g/mol. The average Bonchev–Trinajstić information content (AvgIpc) is 2.25. The van der Waals surface area contributed by atoms with E-state index >= 15 is 0 Å². The minimum Gasteiger partial charge on any atom is -0.354 e. The van der Waals surface area contributed by atoms with Crippen molar-refractivity contribution < 1.29 is 9.47 Å². The van der Waals surface area contributed by atoms with Crippen LogP contribution >= 0.6 is 0 Å². The number of hydrogen-bond donors (Lipinski definition) is 1. The van der Waals surface area contributed by atoms with Gasteiger partial charge in [-0.05, 0) is 43.9 Å². The highest BCUT2D eigenvalue weighted by Gasteiger charge is 2.18. The summed E-state index contributed by atoms with van der Waals surface area (Å²) in [6, 6.07) is 4.22. The van der Waals surface area contributed by atoms with E-state index in [1.807, 2.05) is 0 Å². The lowest BCUT2D eigenvalue weighted by molar-refractivity contribution is -0.115. The van der Waals surface area contributed by atoms with Crippen LogP contribution in [-0.2, 0) is 15.9 Å². The molecule has 0 spiro atoms. The molecule has 3 nitrogen and oxygen atoms in total. The fourth-order valence-electron chi connectivity index (χ4n) is 2.31. The van der Waals surface area contributed by atoms with Gasteiger partial charge >= 0.3 is 0 Å². The Bertz CT molecular complexity index is 349. The van der Waals surface area contributed by atoms with Gasteiger partial charge in [-0.3, -0.25) is 0 Å². The van der Waals surface area contributed by atoms with E-state index in [0.29, 0.717) is 0 Å². The quantitative estimate of drug-likeness (QED) is 0.798. The fourth-order valence-corrected chi connectivity index (χ4v) is 2.31. The van der Waals surface area contributed by atoms with E-state index in [9.17, 15) is 0 Å². The predicted molar refractivity (Wildman–Crippen MR) is 70.1 cm³/mol. The maximum absolute atomic E-state index is 6.10. The molecule has 1 aromatic rings. The van der Waals surface area contributed by atoms with E-state index in [-0.39, 0.29) is 12.3 Å². The van der Waals surface area contributed by atoms with Gasteiger partial charge in [0, 0.05) is 14.2 Å².